The van der Waals surface area contributed by atoms with E-state index in [2.05, 4.69) is 26.2 Å². The van der Waals surface area contributed by atoms with Crippen LogP contribution in [0.1, 0.15) is 36.2 Å². The molecular formula is C12H15BrN2O. The van der Waals surface area contributed by atoms with Gasteiger partial charge in [0.15, 0.2) is 0 Å². The smallest absolute Gasteiger partial charge is 0.269 e. The molecule has 2 rings (SSSR count). The average Bonchev–Trinajstić information content (AvgIpc) is 3.09. The molecule has 1 fully saturated rings. The Hall–Kier alpha value is -0.900. The van der Waals surface area contributed by atoms with Crippen LogP contribution in [0.5, 0.6) is 0 Å². The van der Waals surface area contributed by atoms with E-state index in [1.165, 1.54) is 19.3 Å². The van der Waals surface area contributed by atoms with Gasteiger partial charge in [-0.05, 0) is 46.8 Å². The van der Waals surface area contributed by atoms with Gasteiger partial charge < -0.3 is 5.32 Å². The second-order valence-electron chi connectivity index (χ2n) is 4.20. The highest BCUT2D eigenvalue weighted by Crippen LogP contribution is 2.33. The predicted octanol–water partition coefficient (Wildman–Crippen LogP) is 2.76. The Balaban J connectivity index is 1.71. The molecule has 0 unspecified atom stereocenters. The molecule has 0 spiro atoms. The maximum Gasteiger partial charge on any atom is 0.269 e. The Morgan fingerprint density at radius 1 is 1.50 bits per heavy atom. The first-order chi connectivity index (χ1) is 7.75. The van der Waals surface area contributed by atoms with E-state index in [-0.39, 0.29) is 5.91 Å². The number of amides is 1. The van der Waals surface area contributed by atoms with Gasteiger partial charge in [0.05, 0.1) is 0 Å². The molecule has 16 heavy (non-hydrogen) atoms. The predicted molar refractivity (Wildman–Crippen MR) is 66.2 cm³/mol. The Morgan fingerprint density at radius 2 is 2.31 bits per heavy atom. The molecule has 1 N–H and O–H groups in total. The molecule has 0 atom stereocenters. The third-order valence-electron chi connectivity index (χ3n) is 2.73. The highest BCUT2D eigenvalue weighted by atomic mass is 79.9. The van der Waals surface area contributed by atoms with E-state index in [1.54, 1.807) is 12.3 Å². The van der Waals surface area contributed by atoms with Crippen molar-refractivity contribution < 1.29 is 4.79 Å². The Labute approximate surface area is 104 Å². The van der Waals surface area contributed by atoms with Crippen LogP contribution < -0.4 is 5.32 Å². The van der Waals surface area contributed by atoms with Gasteiger partial charge in [-0.3, -0.25) is 4.79 Å². The quantitative estimate of drug-likeness (QED) is 0.844. The minimum absolute atomic E-state index is 0.0803. The summed E-state index contributed by atoms with van der Waals surface area (Å²) in [5.74, 6) is 0.853. The van der Waals surface area contributed by atoms with Gasteiger partial charge in [-0.1, -0.05) is 12.8 Å². The van der Waals surface area contributed by atoms with Crippen LogP contribution in [0.2, 0.25) is 0 Å². The highest BCUT2D eigenvalue weighted by Gasteiger charge is 2.20. The second kappa shape index (κ2) is 5.43. The van der Waals surface area contributed by atoms with Gasteiger partial charge in [-0.25, -0.2) is 4.98 Å². The first-order valence-electron chi connectivity index (χ1n) is 5.65. The van der Waals surface area contributed by atoms with Gasteiger partial charge >= 0.3 is 0 Å². The van der Waals surface area contributed by atoms with Crippen molar-refractivity contribution in [1.82, 2.24) is 10.3 Å². The number of aromatic nitrogens is 1. The molecule has 1 aromatic rings. The highest BCUT2D eigenvalue weighted by molar-refractivity contribution is 9.10. The number of hydrogen-bond acceptors (Lipinski definition) is 2. The molecule has 0 aliphatic heterocycles. The van der Waals surface area contributed by atoms with E-state index in [4.69, 9.17) is 0 Å². The van der Waals surface area contributed by atoms with Crippen LogP contribution in [-0.2, 0) is 0 Å². The topological polar surface area (TPSA) is 42.0 Å². The first kappa shape index (κ1) is 11.6. The molecule has 86 valence electrons. The summed E-state index contributed by atoms with van der Waals surface area (Å²) in [5, 5.41) is 2.88. The van der Waals surface area contributed by atoms with Gasteiger partial charge in [0, 0.05) is 17.2 Å². The summed E-state index contributed by atoms with van der Waals surface area (Å²) in [7, 11) is 0. The number of carbonyl (C=O) groups excluding carboxylic acids is 1. The number of nitrogens with one attached hydrogen (secondary N) is 1. The number of halogens is 1. The lowest BCUT2D eigenvalue weighted by atomic mass is 10.2. The molecule has 4 heteroatoms. The number of pyridine rings is 1. The lowest BCUT2D eigenvalue weighted by Gasteiger charge is -2.04. The van der Waals surface area contributed by atoms with E-state index in [9.17, 15) is 4.79 Å². The lowest BCUT2D eigenvalue weighted by molar-refractivity contribution is 0.0948. The van der Waals surface area contributed by atoms with Crippen LogP contribution in [0.3, 0.4) is 0 Å². The van der Waals surface area contributed by atoms with Crippen LogP contribution in [0.25, 0.3) is 0 Å². The summed E-state index contributed by atoms with van der Waals surface area (Å²) < 4.78 is 0.887. The van der Waals surface area contributed by atoms with E-state index >= 15 is 0 Å². The number of hydrogen-bond donors (Lipinski definition) is 1. The summed E-state index contributed by atoms with van der Waals surface area (Å²) in [6, 6.07) is 3.55. The SMILES string of the molecule is O=C(NCCCC1CC1)c1ccc(Br)cn1. The summed E-state index contributed by atoms with van der Waals surface area (Å²) in [4.78, 5) is 15.7. The fourth-order valence-electron chi connectivity index (χ4n) is 1.60. The minimum Gasteiger partial charge on any atom is -0.351 e. The van der Waals surface area contributed by atoms with Crippen molar-refractivity contribution in [2.24, 2.45) is 5.92 Å². The monoisotopic (exact) mass is 282 g/mol. The molecular weight excluding hydrogens is 268 g/mol. The maximum absolute atomic E-state index is 11.6. The summed E-state index contributed by atoms with van der Waals surface area (Å²) in [6.07, 6.45) is 6.71. The molecule has 0 radical (unpaired) electrons. The lowest BCUT2D eigenvalue weighted by Crippen LogP contribution is -2.25. The van der Waals surface area contributed by atoms with Crippen molar-refractivity contribution in [1.29, 1.82) is 0 Å². The van der Waals surface area contributed by atoms with Gasteiger partial charge in [0.2, 0.25) is 0 Å². The minimum atomic E-state index is -0.0803. The molecule has 1 aliphatic rings. The Bertz CT molecular complexity index is 360. The Kier molecular flexibility index (Phi) is 3.93. The number of carbonyl (C=O) groups is 1. The molecule has 0 bridgehead atoms. The fourth-order valence-corrected chi connectivity index (χ4v) is 1.83. The number of rotatable bonds is 5. The van der Waals surface area contributed by atoms with Gasteiger partial charge in [0.25, 0.3) is 5.91 Å². The second-order valence-corrected chi connectivity index (χ2v) is 5.12. The van der Waals surface area contributed by atoms with E-state index in [0.717, 1.165) is 23.4 Å². The molecule has 3 nitrogen and oxygen atoms in total. The van der Waals surface area contributed by atoms with Crippen molar-refractivity contribution in [3.8, 4) is 0 Å². The van der Waals surface area contributed by atoms with Crippen LogP contribution >= 0.6 is 15.9 Å². The Morgan fingerprint density at radius 3 is 2.94 bits per heavy atom. The third-order valence-corrected chi connectivity index (χ3v) is 3.20. The zero-order chi connectivity index (χ0) is 11.4. The average molecular weight is 283 g/mol. The molecule has 1 amide bonds. The van der Waals surface area contributed by atoms with E-state index in [0.29, 0.717) is 5.69 Å². The normalized spacial score (nSPS) is 14.8. The molecule has 1 heterocycles. The largest absolute Gasteiger partial charge is 0.351 e. The van der Waals surface area contributed by atoms with Crippen LogP contribution in [0.15, 0.2) is 22.8 Å². The van der Waals surface area contributed by atoms with Crippen molar-refractivity contribution >= 4 is 21.8 Å². The maximum atomic E-state index is 11.6. The summed E-state index contributed by atoms with van der Waals surface area (Å²) in [5.41, 5.74) is 0.481. The van der Waals surface area contributed by atoms with Crippen molar-refractivity contribution in [3.05, 3.63) is 28.5 Å². The molecule has 0 aromatic carbocycles. The molecule has 1 aromatic heterocycles. The van der Waals surface area contributed by atoms with Crippen LogP contribution in [0, 0.1) is 5.92 Å². The van der Waals surface area contributed by atoms with Crippen LogP contribution in [0.4, 0.5) is 0 Å². The summed E-state index contributed by atoms with van der Waals surface area (Å²) >= 11 is 3.29. The zero-order valence-corrected chi connectivity index (χ0v) is 10.7. The van der Waals surface area contributed by atoms with E-state index in [1.807, 2.05) is 6.07 Å². The molecule has 1 aliphatic carbocycles. The fraction of sp³-hybridized carbons (Fsp3) is 0.500. The van der Waals surface area contributed by atoms with Gasteiger partial charge in [0.1, 0.15) is 5.69 Å². The first-order valence-corrected chi connectivity index (χ1v) is 6.45. The third kappa shape index (κ3) is 3.59. The van der Waals surface area contributed by atoms with Crippen LogP contribution in [-0.4, -0.2) is 17.4 Å². The molecule has 0 saturated heterocycles. The molecule has 1 saturated carbocycles. The van der Waals surface area contributed by atoms with Crippen molar-refractivity contribution in [2.45, 2.75) is 25.7 Å². The number of nitrogens with zero attached hydrogens (tertiary/aromatic N) is 1. The van der Waals surface area contributed by atoms with Gasteiger partial charge in [-0.15, -0.1) is 0 Å². The van der Waals surface area contributed by atoms with E-state index < -0.39 is 0 Å². The van der Waals surface area contributed by atoms with Gasteiger partial charge in [-0.2, -0.15) is 0 Å². The van der Waals surface area contributed by atoms with Crippen molar-refractivity contribution in [3.63, 3.8) is 0 Å². The summed E-state index contributed by atoms with van der Waals surface area (Å²) in [6.45, 7) is 0.757. The van der Waals surface area contributed by atoms with Crippen molar-refractivity contribution in [2.75, 3.05) is 6.54 Å². The standard InChI is InChI=1S/C12H15BrN2O/c13-10-5-6-11(15-8-10)12(16)14-7-1-2-9-3-4-9/h5-6,8-9H,1-4,7H2,(H,14,16). The zero-order valence-electron chi connectivity index (χ0n) is 9.08.